The van der Waals surface area contributed by atoms with Gasteiger partial charge in [-0.1, -0.05) is 27.2 Å². The molecule has 0 aliphatic heterocycles. The Labute approximate surface area is 74.0 Å². The van der Waals surface area contributed by atoms with Gasteiger partial charge in [-0.25, -0.2) is 0 Å². The van der Waals surface area contributed by atoms with Gasteiger partial charge >= 0.3 is 5.97 Å². The number of rotatable bonds is 1. The van der Waals surface area contributed by atoms with Gasteiger partial charge in [0.1, 0.15) is 0 Å². The summed E-state index contributed by atoms with van der Waals surface area (Å²) >= 11 is 0. The van der Waals surface area contributed by atoms with E-state index in [1.807, 2.05) is 0 Å². The van der Waals surface area contributed by atoms with Gasteiger partial charge in [-0.2, -0.15) is 0 Å². The van der Waals surface area contributed by atoms with E-state index in [0.29, 0.717) is 5.92 Å². The molecule has 0 heterocycles. The Kier molecular flexibility index (Phi) is 2.45. The van der Waals surface area contributed by atoms with Crippen LogP contribution in [0.15, 0.2) is 0 Å². The van der Waals surface area contributed by atoms with Gasteiger partial charge < -0.3 is 5.11 Å². The van der Waals surface area contributed by atoms with Gasteiger partial charge in [0.25, 0.3) is 0 Å². The molecular formula is C10H18O2. The number of carboxylic acid groups (broad SMARTS) is 1. The quantitative estimate of drug-likeness (QED) is 0.656. The van der Waals surface area contributed by atoms with Crippen LogP contribution in [0, 0.1) is 17.3 Å². The molecule has 70 valence electrons. The van der Waals surface area contributed by atoms with Crippen LogP contribution in [0.1, 0.15) is 40.0 Å². The van der Waals surface area contributed by atoms with Gasteiger partial charge in [-0.3, -0.25) is 4.79 Å². The number of aliphatic carboxylic acids is 1. The highest BCUT2D eigenvalue weighted by atomic mass is 16.4. The predicted molar refractivity (Wildman–Crippen MR) is 47.9 cm³/mol. The normalized spacial score (nSPS) is 34.6. The van der Waals surface area contributed by atoms with Crippen molar-refractivity contribution in [1.82, 2.24) is 0 Å². The van der Waals surface area contributed by atoms with Gasteiger partial charge in [0, 0.05) is 0 Å². The third kappa shape index (κ3) is 1.62. The Balaban J connectivity index is 2.81. The fourth-order valence-electron chi connectivity index (χ4n) is 2.55. The lowest BCUT2D eigenvalue weighted by molar-refractivity contribution is -0.150. The molecule has 2 atom stereocenters. The molecule has 0 aromatic rings. The standard InChI is InChI=1S/C10H18O2/c1-7-5-4-6-10(2,3)8(7)9(11)12/h7-8H,4-6H2,1-3H3,(H,11,12)/t7-,8-/m1/s1. The van der Waals surface area contributed by atoms with Crippen molar-refractivity contribution in [2.24, 2.45) is 17.3 Å². The Hall–Kier alpha value is -0.530. The zero-order chi connectivity index (χ0) is 9.35. The van der Waals surface area contributed by atoms with E-state index in [1.165, 1.54) is 6.42 Å². The van der Waals surface area contributed by atoms with Crippen molar-refractivity contribution in [2.75, 3.05) is 0 Å². The first-order valence-electron chi connectivity index (χ1n) is 4.68. The average Bonchev–Trinajstić information content (AvgIpc) is 1.82. The van der Waals surface area contributed by atoms with Crippen LogP contribution in [0.5, 0.6) is 0 Å². The molecule has 12 heavy (non-hydrogen) atoms. The minimum Gasteiger partial charge on any atom is -0.481 e. The molecule has 0 aromatic heterocycles. The van der Waals surface area contributed by atoms with Crippen LogP contribution in [0.3, 0.4) is 0 Å². The molecule has 1 aliphatic rings. The summed E-state index contributed by atoms with van der Waals surface area (Å²) in [5.74, 6) is -0.426. The zero-order valence-corrected chi connectivity index (χ0v) is 8.13. The SMILES string of the molecule is C[C@@H]1CCCC(C)(C)[C@H]1C(=O)O. The molecule has 2 nitrogen and oxygen atoms in total. The maximum atomic E-state index is 11.0. The van der Waals surface area contributed by atoms with E-state index in [0.717, 1.165) is 12.8 Å². The molecule has 0 radical (unpaired) electrons. The van der Waals surface area contributed by atoms with Crippen molar-refractivity contribution in [1.29, 1.82) is 0 Å². The molecule has 1 fully saturated rings. The summed E-state index contributed by atoms with van der Waals surface area (Å²) in [5.41, 5.74) is -0.0104. The van der Waals surface area contributed by atoms with E-state index in [1.54, 1.807) is 0 Å². The second-order valence-corrected chi connectivity index (χ2v) is 4.67. The van der Waals surface area contributed by atoms with Crippen LogP contribution >= 0.6 is 0 Å². The summed E-state index contributed by atoms with van der Waals surface area (Å²) in [4.78, 5) is 11.0. The van der Waals surface area contributed by atoms with E-state index in [9.17, 15) is 4.79 Å². The molecule has 0 aromatic carbocycles. The van der Waals surface area contributed by atoms with Gasteiger partial charge in [-0.05, 0) is 24.2 Å². The summed E-state index contributed by atoms with van der Waals surface area (Å²) in [6.07, 6.45) is 3.30. The molecular weight excluding hydrogens is 152 g/mol. The first-order chi connectivity index (χ1) is 5.45. The lowest BCUT2D eigenvalue weighted by Gasteiger charge is -2.40. The molecule has 0 saturated heterocycles. The minimum atomic E-state index is -0.618. The van der Waals surface area contributed by atoms with Crippen molar-refractivity contribution in [2.45, 2.75) is 40.0 Å². The van der Waals surface area contributed by atoms with E-state index in [-0.39, 0.29) is 11.3 Å². The third-order valence-electron chi connectivity index (χ3n) is 3.16. The summed E-state index contributed by atoms with van der Waals surface area (Å²) in [6, 6.07) is 0. The highest BCUT2D eigenvalue weighted by Crippen LogP contribution is 2.43. The van der Waals surface area contributed by atoms with Crippen LogP contribution in [0.25, 0.3) is 0 Å². The van der Waals surface area contributed by atoms with Crippen molar-refractivity contribution < 1.29 is 9.90 Å². The van der Waals surface area contributed by atoms with Crippen molar-refractivity contribution >= 4 is 5.97 Å². The average molecular weight is 170 g/mol. The number of hydrogen-bond donors (Lipinski definition) is 1. The fraction of sp³-hybridized carbons (Fsp3) is 0.900. The maximum absolute atomic E-state index is 11.0. The van der Waals surface area contributed by atoms with E-state index in [4.69, 9.17) is 5.11 Å². The highest BCUT2D eigenvalue weighted by molar-refractivity contribution is 5.71. The first-order valence-corrected chi connectivity index (χ1v) is 4.68. The van der Waals surface area contributed by atoms with E-state index >= 15 is 0 Å². The topological polar surface area (TPSA) is 37.3 Å². The molecule has 0 bridgehead atoms. The van der Waals surface area contributed by atoms with Crippen molar-refractivity contribution in [3.63, 3.8) is 0 Å². The molecule has 1 N–H and O–H groups in total. The lowest BCUT2D eigenvalue weighted by Crippen LogP contribution is -2.39. The number of carboxylic acids is 1. The zero-order valence-electron chi connectivity index (χ0n) is 8.13. The van der Waals surface area contributed by atoms with Crippen LogP contribution < -0.4 is 0 Å². The van der Waals surface area contributed by atoms with E-state index in [2.05, 4.69) is 20.8 Å². The third-order valence-corrected chi connectivity index (χ3v) is 3.16. The van der Waals surface area contributed by atoms with E-state index < -0.39 is 5.97 Å². The summed E-state index contributed by atoms with van der Waals surface area (Å²) in [6.45, 7) is 6.20. The van der Waals surface area contributed by atoms with Gasteiger partial charge in [0.05, 0.1) is 5.92 Å². The minimum absolute atomic E-state index is 0.0104. The molecule has 1 aliphatic carbocycles. The van der Waals surface area contributed by atoms with Crippen LogP contribution in [0.2, 0.25) is 0 Å². The molecule has 0 unspecified atom stereocenters. The van der Waals surface area contributed by atoms with Crippen LogP contribution in [-0.2, 0) is 4.79 Å². The van der Waals surface area contributed by atoms with Gasteiger partial charge in [0.15, 0.2) is 0 Å². The first kappa shape index (κ1) is 9.56. The molecule has 1 saturated carbocycles. The van der Waals surface area contributed by atoms with Crippen LogP contribution in [0.4, 0.5) is 0 Å². The lowest BCUT2D eigenvalue weighted by atomic mass is 9.64. The summed E-state index contributed by atoms with van der Waals surface area (Å²) < 4.78 is 0. The molecule has 2 heteroatoms. The monoisotopic (exact) mass is 170 g/mol. The Morgan fingerprint density at radius 3 is 2.42 bits per heavy atom. The maximum Gasteiger partial charge on any atom is 0.307 e. The van der Waals surface area contributed by atoms with Crippen molar-refractivity contribution in [3.8, 4) is 0 Å². The van der Waals surface area contributed by atoms with Crippen LogP contribution in [-0.4, -0.2) is 11.1 Å². The smallest absolute Gasteiger partial charge is 0.307 e. The van der Waals surface area contributed by atoms with Gasteiger partial charge in [-0.15, -0.1) is 0 Å². The molecule has 1 rings (SSSR count). The molecule has 0 spiro atoms. The fourth-order valence-corrected chi connectivity index (χ4v) is 2.55. The van der Waals surface area contributed by atoms with Gasteiger partial charge in [0.2, 0.25) is 0 Å². The Morgan fingerprint density at radius 1 is 1.50 bits per heavy atom. The predicted octanol–water partition coefficient (Wildman–Crippen LogP) is 2.53. The Bertz CT molecular complexity index is 184. The number of carbonyl (C=O) groups is 1. The second kappa shape index (κ2) is 3.08. The largest absolute Gasteiger partial charge is 0.481 e. The second-order valence-electron chi connectivity index (χ2n) is 4.67. The summed E-state index contributed by atoms with van der Waals surface area (Å²) in [7, 11) is 0. The van der Waals surface area contributed by atoms with Crippen molar-refractivity contribution in [3.05, 3.63) is 0 Å². The molecule has 0 amide bonds. The number of hydrogen-bond acceptors (Lipinski definition) is 1. The highest BCUT2D eigenvalue weighted by Gasteiger charge is 2.41. The Morgan fingerprint density at radius 2 is 2.08 bits per heavy atom. The summed E-state index contributed by atoms with van der Waals surface area (Å²) in [5, 5.41) is 9.04.